The van der Waals surface area contributed by atoms with E-state index in [9.17, 15) is 9.90 Å². The van der Waals surface area contributed by atoms with E-state index < -0.39 is 11.2 Å². The van der Waals surface area contributed by atoms with Crippen molar-refractivity contribution in [1.29, 1.82) is 0 Å². The molecule has 2 atom stereocenters. The normalized spacial score (nSPS) is 31.9. The summed E-state index contributed by atoms with van der Waals surface area (Å²) in [4.78, 5) is 13.6. The number of hydrogen-bond donors (Lipinski definition) is 2. The number of carbonyl (C=O) groups excluding carboxylic acids is 1. The summed E-state index contributed by atoms with van der Waals surface area (Å²) in [7, 11) is 0. The summed E-state index contributed by atoms with van der Waals surface area (Å²) in [5, 5.41) is 11.0. The molecule has 0 bridgehead atoms. The van der Waals surface area contributed by atoms with E-state index in [2.05, 4.69) is 6.92 Å². The lowest BCUT2D eigenvalue weighted by Gasteiger charge is -2.55. The van der Waals surface area contributed by atoms with Gasteiger partial charge in [-0.2, -0.15) is 0 Å². The van der Waals surface area contributed by atoms with Gasteiger partial charge in [0.1, 0.15) is 11.2 Å². The second-order valence-corrected chi connectivity index (χ2v) is 7.87. The number of carbonyl (C=O) groups is 1. The second-order valence-electron chi connectivity index (χ2n) is 7.87. The Morgan fingerprint density at radius 2 is 2.05 bits per heavy atom. The van der Waals surface area contributed by atoms with Crippen LogP contribution in [0.25, 0.3) is 0 Å². The van der Waals surface area contributed by atoms with Crippen molar-refractivity contribution >= 4 is 6.09 Å². The van der Waals surface area contributed by atoms with Crippen LogP contribution in [-0.4, -0.2) is 46.9 Å². The van der Waals surface area contributed by atoms with Gasteiger partial charge < -0.3 is 20.5 Å². The van der Waals surface area contributed by atoms with Crippen molar-refractivity contribution < 1.29 is 14.6 Å². The van der Waals surface area contributed by atoms with Crippen LogP contribution in [-0.2, 0) is 4.74 Å². The number of rotatable bonds is 3. The summed E-state index contributed by atoms with van der Waals surface area (Å²) < 4.78 is 5.35. The molecule has 0 aromatic rings. The van der Waals surface area contributed by atoms with Crippen molar-refractivity contribution in [3.8, 4) is 0 Å². The molecule has 2 unspecified atom stereocenters. The van der Waals surface area contributed by atoms with E-state index in [4.69, 9.17) is 10.5 Å². The largest absolute Gasteiger partial charge is 0.444 e. The molecule has 0 radical (unpaired) electrons. The minimum absolute atomic E-state index is 0.230. The molecular formula is C16H30N2O3. The maximum absolute atomic E-state index is 12.0. The van der Waals surface area contributed by atoms with Gasteiger partial charge in [0.05, 0.1) is 13.1 Å². The summed E-state index contributed by atoms with van der Waals surface area (Å²) >= 11 is 0. The maximum atomic E-state index is 12.0. The molecule has 3 N–H and O–H groups in total. The van der Waals surface area contributed by atoms with Crippen LogP contribution in [0.2, 0.25) is 0 Å². The molecule has 0 aromatic carbocycles. The average molecular weight is 298 g/mol. The molecule has 1 saturated carbocycles. The average Bonchev–Trinajstić information content (AvgIpc) is 2.78. The van der Waals surface area contributed by atoms with Crippen LogP contribution < -0.4 is 5.73 Å². The first-order valence-corrected chi connectivity index (χ1v) is 8.05. The van der Waals surface area contributed by atoms with Gasteiger partial charge >= 0.3 is 6.09 Å². The van der Waals surface area contributed by atoms with E-state index in [1.807, 2.05) is 20.8 Å². The first-order chi connectivity index (χ1) is 9.65. The van der Waals surface area contributed by atoms with Crippen molar-refractivity contribution in [3.05, 3.63) is 0 Å². The van der Waals surface area contributed by atoms with Gasteiger partial charge in [-0.25, -0.2) is 4.79 Å². The first kappa shape index (κ1) is 16.6. The monoisotopic (exact) mass is 298 g/mol. The zero-order valence-corrected chi connectivity index (χ0v) is 13.8. The minimum atomic E-state index is -0.845. The van der Waals surface area contributed by atoms with Gasteiger partial charge in [0.15, 0.2) is 0 Å². The van der Waals surface area contributed by atoms with Crippen LogP contribution in [0.3, 0.4) is 0 Å². The number of β-amino-alcohol motifs (C(OH)–C–C–N with tert-alkyl or cyclic N) is 1. The maximum Gasteiger partial charge on any atom is 0.410 e. The van der Waals surface area contributed by atoms with Gasteiger partial charge in [0.25, 0.3) is 0 Å². The molecule has 2 fully saturated rings. The van der Waals surface area contributed by atoms with Gasteiger partial charge in [-0.15, -0.1) is 0 Å². The molecule has 1 aliphatic heterocycles. The smallest absolute Gasteiger partial charge is 0.410 e. The number of nitrogens with zero attached hydrogens (tertiary/aromatic N) is 1. The van der Waals surface area contributed by atoms with E-state index in [1.54, 1.807) is 4.90 Å². The summed E-state index contributed by atoms with van der Waals surface area (Å²) in [6.07, 6.45) is 3.85. The predicted molar refractivity (Wildman–Crippen MR) is 81.9 cm³/mol. The van der Waals surface area contributed by atoms with Crippen molar-refractivity contribution in [2.24, 2.45) is 17.1 Å². The second kappa shape index (κ2) is 5.43. The third-order valence-electron chi connectivity index (χ3n) is 5.22. The number of hydrogen-bond acceptors (Lipinski definition) is 4. The van der Waals surface area contributed by atoms with Crippen molar-refractivity contribution in [3.63, 3.8) is 0 Å². The lowest BCUT2D eigenvalue weighted by Crippen LogP contribution is -2.72. The molecule has 122 valence electrons. The fourth-order valence-corrected chi connectivity index (χ4v) is 3.76. The molecule has 5 nitrogen and oxygen atoms in total. The molecule has 1 saturated heterocycles. The van der Waals surface area contributed by atoms with E-state index >= 15 is 0 Å². The number of likely N-dealkylation sites (tertiary alicyclic amines) is 1. The van der Waals surface area contributed by atoms with Crippen LogP contribution in [0.4, 0.5) is 4.79 Å². The summed E-state index contributed by atoms with van der Waals surface area (Å²) in [6, 6.07) is 0. The third-order valence-corrected chi connectivity index (χ3v) is 5.22. The Morgan fingerprint density at radius 1 is 1.43 bits per heavy atom. The molecule has 1 aliphatic carbocycles. The Kier molecular flexibility index (Phi) is 4.28. The van der Waals surface area contributed by atoms with Gasteiger partial charge in [0, 0.05) is 12.0 Å². The summed E-state index contributed by atoms with van der Waals surface area (Å²) in [6.45, 7) is 8.91. The standard InChI is InChI=1S/C16H30N2O3/c1-5-12-6-7-15(8-12,9-17)16(20)10-18(11-16)13(19)21-14(2,3)4/h12,20H,5-11,17H2,1-4H3. The molecule has 2 rings (SSSR count). The Labute approximate surface area is 127 Å². The van der Waals surface area contributed by atoms with E-state index in [0.717, 1.165) is 25.7 Å². The third kappa shape index (κ3) is 3.04. The number of ether oxygens (including phenoxy) is 1. The van der Waals surface area contributed by atoms with Crippen LogP contribution in [0.15, 0.2) is 0 Å². The molecule has 21 heavy (non-hydrogen) atoms. The lowest BCUT2D eigenvalue weighted by atomic mass is 9.66. The Bertz CT molecular complexity index is 399. The topological polar surface area (TPSA) is 75.8 Å². The van der Waals surface area contributed by atoms with Crippen molar-refractivity contribution in [1.82, 2.24) is 4.90 Å². The molecule has 1 heterocycles. The fourth-order valence-electron chi connectivity index (χ4n) is 3.76. The van der Waals surface area contributed by atoms with E-state index in [0.29, 0.717) is 25.6 Å². The fraction of sp³-hybridized carbons (Fsp3) is 0.938. The Hall–Kier alpha value is -0.810. The van der Waals surface area contributed by atoms with Gasteiger partial charge in [-0.05, 0) is 46.0 Å². The lowest BCUT2D eigenvalue weighted by molar-refractivity contribution is -0.170. The molecule has 0 spiro atoms. The zero-order chi connectivity index (χ0) is 15.9. The predicted octanol–water partition coefficient (Wildman–Crippen LogP) is 2.12. The van der Waals surface area contributed by atoms with E-state index in [1.165, 1.54) is 0 Å². The van der Waals surface area contributed by atoms with Gasteiger partial charge in [-0.1, -0.05) is 13.3 Å². The highest BCUT2D eigenvalue weighted by Gasteiger charge is 2.60. The Balaban J connectivity index is 1.98. The summed E-state index contributed by atoms with van der Waals surface area (Å²) in [5.41, 5.74) is 4.43. The zero-order valence-electron chi connectivity index (χ0n) is 13.8. The van der Waals surface area contributed by atoms with Crippen molar-refractivity contribution in [2.45, 2.75) is 64.6 Å². The molecule has 1 amide bonds. The molecular weight excluding hydrogens is 268 g/mol. The van der Waals surface area contributed by atoms with Gasteiger partial charge in [0.2, 0.25) is 0 Å². The quantitative estimate of drug-likeness (QED) is 0.837. The Morgan fingerprint density at radius 3 is 2.48 bits per heavy atom. The molecule has 2 aliphatic rings. The van der Waals surface area contributed by atoms with Crippen molar-refractivity contribution in [2.75, 3.05) is 19.6 Å². The molecule has 0 aromatic heterocycles. The SMILES string of the molecule is CCC1CCC(CN)(C2(O)CN(C(=O)OC(C)(C)C)C2)C1. The highest BCUT2D eigenvalue weighted by atomic mass is 16.6. The summed E-state index contributed by atoms with van der Waals surface area (Å²) in [5.74, 6) is 0.646. The van der Waals surface area contributed by atoms with Crippen LogP contribution in [0.5, 0.6) is 0 Å². The van der Waals surface area contributed by atoms with E-state index in [-0.39, 0.29) is 11.5 Å². The van der Waals surface area contributed by atoms with Crippen LogP contribution in [0.1, 0.15) is 53.4 Å². The first-order valence-electron chi connectivity index (χ1n) is 8.05. The highest BCUT2D eigenvalue weighted by Crippen LogP contribution is 2.52. The van der Waals surface area contributed by atoms with Crippen LogP contribution in [0, 0.1) is 11.3 Å². The minimum Gasteiger partial charge on any atom is -0.444 e. The van der Waals surface area contributed by atoms with Gasteiger partial charge in [-0.3, -0.25) is 0 Å². The molecule has 5 heteroatoms. The highest BCUT2D eigenvalue weighted by molar-refractivity contribution is 5.69. The van der Waals surface area contributed by atoms with Crippen LogP contribution >= 0.6 is 0 Å². The number of nitrogens with two attached hydrogens (primary N) is 1. The number of aliphatic hydroxyl groups is 1. The number of amides is 1.